The average Bonchev–Trinajstić information content (AvgIpc) is 3.00. The lowest BCUT2D eigenvalue weighted by Crippen LogP contribution is -2.32. The molecule has 0 aromatic rings. The number of rotatable bonds is 9. The van der Waals surface area contributed by atoms with Crippen LogP contribution in [0, 0.1) is 0 Å². The third-order valence-electron chi connectivity index (χ3n) is 2.55. The van der Waals surface area contributed by atoms with E-state index in [1.807, 2.05) is 0 Å². The fraction of sp³-hybridized carbons (Fsp3) is 0.909. The normalized spacial score (nSPS) is 15.9. The Labute approximate surface area is 91.2 Å². The van der Waals surface area contributed by atoms with E-state index in [4.69, 9.17) is 9.84 Å². The number of aliphatic carboxylic acids is 1. The molecule has 0 bridgehead atoms. The Kier molecular flexibility index (Phi) is 5.65. The van der Waals surface area contributed by atoms with Crippen LogP contribution in [0.5, 0.6) is 0 Å². The van der Waals surface area contributed by atoms with Gasteiger partial charge in [0.15, 0.2) is 0 Å². The Hall–Kier alpha value is -0.610. The van der Waals surface area contributed by atoms with E-state index in [1.54, 1.807) is 0 Å². The highest BCUT2D eigenvalue weighted by molar-refractivity contribution is 5.66. The molecule has 88 valence electrons. The smallest absolute Gasteiger partial charge is 0.304 e. The van der Waals surface area contributed by atoms with Crippen molar-refractivity contribution in [3.05, 3.63) is 0 Å². The summed E-state index contributed by atoms with van der Waals surface area (Å²) < 4.78 is 5.41. The van der Waals surface area contributed by atoms with Crippen LogP contribution in [0.3, 0.4) is 0 Å². The van der Waals surface area contributed by atoms with Crippen LogP contribution in [-0.2, 0) is 9.53 Å². The summed E-state index contributed by atoms with van der Waals surface area (Å²) in [6.45, 7) is 5.15. The maximum absolute atomic E-state index is 10.5. The van der Waals surface area contributed by atoms with Crippen LogP contribution in [0.15, 0.2) is 0 Å². The molecule has 0 heterocycles. The third kappa shape index (κ3) is 5.74. The van der Waals surface area contributed by atoms with Crippen molar-refractivity contribution in [2.75, 3.05) is 26.3 Å². The zero-order valence-corrected chi connectivity index (χ0v) is 9.45. The first kappa shape index (κ1) is 12.5. The van der Waals surface area contributed by atoms with E-state index in [9.17, 15) is 4.79 Å². The van der Waals surface area contributed by atoms with Gasteiger partial charge in [0.2, 0.25) is 0 Å². The molecule has 1 aliphatic rings. The fourth-order valence-electron chi connectivity index (χ4n) is 1.58. The van der Waals surface area contributed by atoms with Gasteiger partial charge in [-0.05, 0) is 19.3 Å². The van der Waals surface area contributed by atoms with Crippen LogP contribution < -0.4 is 0 Å². The molecule has 0 aromatic carbocycles. The zero-order valence-electron chi connectivity index (χ0n) is 9.45. The molecular weight excluding hydrogens is 194 g/mol. The number of hydrogen-bond donors (Lipinski definition) is 1. The molecule has 1 fully saturated rings. The standard InChI is InChI=1S/C11H21NO3/c1-2-8-15-9-7-12(10-3-4-10)6-5-11(13)14/h10H,2-9H2,1H3,(H,13,14). The minimum atomic E-state index is -0.713. The topological polar surface area (TPSA) is 49.8 Å². The van der Waals surface area contributed by atoms with Crippen molar-refractivity contribution in [3.63, 3.8) is 0 Å². The molecular formula is C11H21NO3. The van der Waals surface area contributed by atoms with E-state index in [0.29, 0.717) is 12.6 Å². The summed E-state index contributed by atoms with van der Waals surface area (Å²) in [5.74, 6) is -0.713. The van der Waals surface area contributed by atoms with Crippen LogP contribution in [0.4, 0.5) is 0 Å². The van der Waals surface area contributed by atoms with E-state index < -0.39 is 5.97 Å². The van der Waals surface area contributed by atoms with Gasteiger partial charge in [0.1, 0.15) is 0 Å². The van der Waals surface area contributed by atoms with Crippen molar-refractivity contribution in [1.29, 1.82) is 0 Å². The summed E-state index contributed by atoms with van der Waals surface area (Å²) >= 11 is 0. The van der Waals surface area contributed by atoms with Crippen LogP contribution >= 0.6 is 0 Å². The SMILES string of the molecule is CCCOCCN(CCC(=O)O)C1CC1. The first-order valence-electron chi connectivity index (χ1n) is 5.77. The van der Waals surface area contributed by atoms with E-state index in [0.717, 1.165) is 26.2 Å². The summed E-state index contributed by atoms with van der Waals surface area (Å²) in [5, 5.41) is 8.62. The molecule has 0 unspecified atom stereocenters. The van der Waals surface area contributed by atoms with Gasteiger partial charge in [-0.3, -0.25) is 9.69 Å². The largest absolute Gasteiger partial charge is 0.481 e. The number of ether oxygens (including phenoxy) is 1. The van der Waals surface area contributed by atoms with Crippen molar-refractivity contribution >= 4 is 5.97 Å². The number of carbonyl (C=O) groups is 1. The van der Waals surface area contributed by atoms with Gasteiger partial charge >= 0.3 is 5.97 Å². The van der Waals surface area contributed by atoms with Gasteiger partial charge in [-0.15, -0.1) is 0 Å². The van der Waals surface area contributed by atoms with Crippen molar-refractivity contribution < 1.29 is 14.6 Å². The molecule has 0 aromatic heterocycles. The Morgan fingerprint density at radius 1 is 1.40 bits per heavy atom. The summed E-state index contributed by atoms with van der Waals surface area (Å²) in [6.07, 6.45) is 3.71. The Morgan fingerprint density at radius 2 is 2.13 bits per heavy atom. The first-order valence-corrected chi connectivity index (χ1v) is 5.77. The van der Waals surface area contributed by atoms with E-state index in [-0.39, 0.29) is 6.42 Å². The summed E-state index contributed by atoms with van der Waals surface area (Å²) in [4.78, 5) is 12.7. The highest BCUT2D eigenvalue weighted by atomic mass is 16.5. The molecule has 0 atom stereocenters. The second kappa shape index (κ2) is 6.80. The highest BCUT2D eigenvalue weighted by Gasteiger charge is 2.28. The van der Waals surface area contributed by atoms with Crippen molar-refractivity contribution in [3.8, 4) is 0 Å². The summed E-state index contributed by atoms with van der Waals surface area (Å²) in [6, 6.07) is 0.620. The summed E-state index contributed by atoms with van der Waals surface area (Å²) in [5.41, 5.74) is 0. The van der Waals surface area contributed by atoms with Crippen molar-refractivity contribution in [2.24, 2.45) is 0 Å². The van der Waals surface area contributed by atoms with Crippen LogP contribution in [0.25, 0.3) is 0 Å². The molecule has 0 radical (unpaired) electrons. The van der Waals surface area contributed by atoms with Gasteiger partial charge < -0.3 is 9.84 Å². The van der Waals surface area contributed by atoms with E-state index >= 15 is 0 Å². The van der Waals surface area contributed by atoms with Crippen LogP contribution in [0.2, 0.25) is 0 Å². The second-order valence-corrected chi connectivity index (χ2v) is 4.02. The quantitative estimate of drug-likeness (QED) is 0.590. The van der Waals surface area contributed by atoms with E-state index in [2.05, 4.69) is 11.8 Å². The molecule has 1 rings (SSSR count). The zero-order chi connectivity index (χ0) is 11.1. The van der Waals surface area contributed by atoms with Crippen LogP contribution in [-0.4, -0.2) is 48.3 Å². The highest BCUT2D eigenvalue weighted by Crippen LogP contribution is 2.26. The summed E-state index contributed by atoms with van der Waals surface area (Å²) in [7, 11) is 0. The van der Waals surface area contributed by atoms with Crippen LogP contribution in [0.1, 0.15) is 32.6 Å². The van der Waals surface area contributed by atoms with Gasteiger partial charge in [-0.2, -0.15) is 0 Å². The third-order valence-corrected chi connectivity index (χ3v) is 2.55. The maximum Gasteiger partial charge on any atom is 0.304 e. The molecule has 0 spiro atoms. The lowest BCUT2D eigenvalue weighted by Gasteiger charge is -2.20. The molecule has 4 heteroatoms. The van der Waals surface area contributed by atoms with E-state index in [1.165, 1.54) is 12.8 Å². The maximum atomic E-state index is 10.5. The number of nitrogens with zero attached hydrogens (tertiary/aromatic N) is 1. The predicted molar refractivity (Wildman–Crippen MR) is 58.0 cm³/mol. The second-order valence-electron chi connectivity index (χ2n) is 4.02. The van der Waals surface area contributed by atoms with Gasteiger partial charge in [-0.25, -0.2) is 0 Å². The predicted octanol–water partition coefficient (Wildman–Crippen LogP) is 1.35. The fourth-order valence-corrected chi connectivity index (χ4v) is 1.58. The lowest BCUT2D eigenvalue weighted by atomic mass is 10.3. The minimum Gasteiger partial charge on any atom is -0.481 e. The molecule has 0 aliphatic heterocycles. The molecule has 4 nitrogen and oxygen atoms in total. The minimum absolute atomic E-state index is 0.240. The van der Waals surface area contributed by atoms with Gasteiger partial charge in [0, 0.05) is 25.7 Å². The Bertz CT molecular complexity index is 192. The Balaban J connectivity index is 2.10. The van der Waals surface area contributed by atoms with Gasteiger partial charge in [0.25, 0.3) is 0 Å². The number of hydrogen-bond acceptors (Lipinski definition) is 3. The van der Waals surface area contributed by atoms with Crippen molar-refractivity contribution in [1.82, 2.24) is 4.90 Å². The van der Waals surface area contributed by atoms with Crippen molar-refractivity contribution in [2.45, 2.75) is 38.6 Å². The molecule has 0 amide bonds. The van der Waals surface area contributed by atoms with Gasteiger partial charge in [0.05, 0.1) is 13.0 Å². The monoisotopic (exact) mass is 215 g/mol. The molecule has 1 aliphatic carbocycles. The average molecular weight is 215 g/mol. The lowest BCUT2D eigenvalue weighted by molar-refractivity contribution is -0.137. The molecule has 1 N–H and O–H groups in total. The number of carboxylic acid groups (broad SMARTS) is 1. The molecule has 0 saturated heterocycles. The number of carboxylic acids is 1. The van der Waals surface area contributed by atoms with Gasteiger partial charge in [-0.1, -0.05) is 6.92 Å². The first-order chi connectivity index (χ1) is 7.24. The Morgan fingerprint density at radius 3 is 2.67 bits per heavy atom. The molecule has 1 saturated carbocycles. The molecule has 15 heavy (non-hydrogen) atoms.